The third-order valence-corrected chi connectivity index (χ3v) is 11.9. The Labute approximate surface area is 271 Å². The number of nitrogens with zero attached hydrogens (tertiary/aromatic N) is 3. The molecular weight excluding hydrogens is 586 g/mol. The Kier molecular flexibility index (Phi) is 10.1. The molecular formula is C36H45N3O5S. The van der Waals surface area contributed by atoms with E-state index in [0.29, 0.717) is 30.9 Å². The second-order valence-corrected chi connectivity index (χ2v) is 14.0. The van der Waals surface area contributed by atoms with E-state index in [1.165, 1.54) is 0 Å². The maximum atomic E-state index is 14.9. The molecule has 2 bridgehead atoms. The minimum absolute atomic E-state index is 0.0509. The molecule has 1 N–H and O–H groups in total. The van der Waals surface area contributed by atoms with Gasteiger partial charge in [0.15, 0.2) is 0 Å². The quantitative estimate of drug-likeness (QED) is 0.298. The molecule has 1 spiro atoms. The summed E-state index contributed by atoms with van der Waals surface area (Å²) in [6, 6.07) is 15.7. The van der Waals surface area contributed by atoms with E-state index in [1.54, 1.807) is 57.9 Å². The Morgan fingerprint density at radius 2 is 1.80 bits per heavy atom. The molecule has 3 fully saturated rings. The molecule has 8 nitrogen and oxygen atoms in total. The summed E-state index contributed by atoms with van der Waals surface area (Å²) in [5.74, 6) is -1.10. The van der Waals surface area contributed by atoms with Crippen molar-refractivity contribution in [3.8, 4) is 5.75 Å². The third kappa shape index (κ3) is 5.81. The first kappa shape index (κ1) is 32.8. The first-order chi connectivity index (χ1) is 21.8. The van der Waals surface area contributed by atoms with Crippen LogP contribution >= 0.6 is 11.8 Å². The summed E-state index contributed by atoms with van der Waals surface area (Å²) in [5.41, 5.74) is 1.67. The van der Waals surface area contributed by atoms with Gasteiger partial charge in [0.25, 0.3) is 5.91 Å². The zero-order chi connectivity index (χ0) is 32.3. The molecule has 3 aliphatic heterocycles. The molecule has 2 aromatic carbocycles. The van der Waals surface area contributed by atoms with Gasteiger partial charge in [-0.2, -0.15) is 0 Å². The zero-order valence-corrected chi connectivity index (χ0v) is 27.3. The lowest BCUT2D eigenvalue weighted by Crippen LogP contribution is -2.58. The van der Waals surface area contributed by atoms with Crippen molar-refractivity contribution >= 4 is 35.2 Å². The van der Waals surface area contributed by atoms with Crippen LogP contribution in [0.2, 0.25) is 0 Å². The number of fused-ring (bicyclic) bond motifs is 1. The van der Waals surface area contributed by atoms with E-state index in [-0.39, 0.29) is 42.0 Å². The van der Waals surface area contributed by atoms with Crippen LogP contribution in [0.1, 0.15) is 38.7 Å². The molecule has 3 amide bonds. The van der Waals surface area contributed by atoms with Crippen molar-refractivity contribution in [2.24, 2.45) is 17.8 Å². The third-order valence-electron chi connectivity index (χ3n) is 9.94. The first-order valence-corrected chi connectivity index (χ1v) is 16.7. The summed E-state index contributed by atoms with van der Waals surface area (Å²) < 4.78 is 4.56. The average Bonchev–Trinajstić information content (AvgIpc) is 3.71. The van der Waals surface area contributed by atoms with Crippen LogP contribution in [0.4, 0.5) is 5.69 Å². The van der Waals surface area contributed by atoms with Gasteiger partial charge in [-0.1, -0.05) is 62.8 Å². The highest BCUT2D eigenvalue weighted by Crippen LogP contribution is 2.67. The van der Waals surface area contributed by atoms with E-state index < -0.39 is 28.7 Å². The number of benzene rings is 2. The Hall–Kier alpha value is -3.56. The van der Waals surface area contributed by atoms with Crippen LogP contribution in [0.5, 0.6) is 5.75 Å². The van der Waals surface area contributed by atoms with Gasteiger partial charge in [-0.25, -0.2) is 0 Å². The zero-order valence-electron chi connectivity index (χ0n) is 26.5. The molecule has 3 heterocycles. The van der Waals surface area contributed by atoms with Crippen molar-refractivity contribution in [3.63, 3.8) is 0 Å². The fourth-order valence-corrected chi connectivity index (χ4v) is 9.78. The monoisotopic (exact) mass is 631 g/mol. The molecule has 3 saturated heterocycles. The highest BCUT2D eigenvalue weighted by atomic mass is 32.2. The van der Waals surface area contributed by atoms with Gasteiger partial charge in [0.05, 0.1) is 36.3 Å². The van der Waals surface area contributed by atoms with Gasteiger partial charge in [0.1, 0.15) is 11.8 Å². The smallest absolute Gasteiger partial charge is 0.251 e. The topological polar surface area (TPSA) is 90.4 Å². The maximum Gasteiger partial charge on any atom is 0.251 e. The van der Waals surface area contributed by atoms with Crippen LogP contribution in [0.15, 0.2) is 79.9 Å². The Bertz CT molecular complexity index is 1400. The molecule has 0 saturated carbocycles. The number of aliphatic hydroxyl groups excluding tert-OH is 1. The number of carbonyl (C=O) groups is 3. The normalized spacial score (nSPS) is 26.2. The number of hydrogen-bond acceptors (Lipinski definition) is 6. The summed E-state index contributed by atoms with van der Waals surface area (Å²) in [5, 5.41) is 10.6. The van der Waals surface area contributed by atoms with Gasteiger partial charge in [0, 0.05) is 30.6 Å². The largest absolute Gasteiger partial charge is 0.497 e. The van der Waals surface area contributed by atoms with E-state index in [0.717, 1.165) is 18.4 Å². The highest BCUT2D eigenvalue weighted by Gasteiger charge is 2.74. The van der Waals surface area contributed by atoms with Gasteiger partial charge < -0.3 is 24.5 Å². The lowest BCUT2D eigenvalue weighted by molar-refractivity contribution is -0.146. The molecule has 7 atom stereocenters. The minimum Gasteiger partial charge on any atom is -0.497 e. The van der Waals surface area contributed by atoms with Crippen molar-refractivity contribution in [3.05, 3.63) is 85.5 Å². The van der Waals surface area contributed by atoms with Gasteiger partial charge in [-0.05, 0) is 48.6 Å². The van der Waals surface area contributed by atoms with Crippen molar-refractivity contribution < 1.29 is 24.2 Å². The number of anilines is 1. The first-order valence-electron chi connectivity index (χ1n) is 15.9. The van der Waals surface area contributed by atoms with Crippen molar-refractivity contribution in [2.75, 3.05) is 31.7 Å². The Morgan fingerprint density at radius 1 is 1.11 bits per heavy atom. The number of amides is 3. The predicted molar refractivity (Wildman–Crippen MR) is 179 cm³/mol. The standard InChI is InChI=1S/C36H45N3O5S/c1-6-20-37(22-25-12-10-9-11-13-25)33(41)30-29-18-19-36(45-29)31(30)34(42)39(28(23-40)24(4)8-3)32(36)35(43)38(21-7-2)26-14-16-27(44-5)17-15-26/h6-7,9-17,24,28-32,40H,1-2,8,18-23H2,3-5H3/t24-,28-,29+,30-,31-,32?,36?/m0/s1. The summed E-state index contributed by atoms with van der Waals surface area (Å²) in [4.78, 5) is 49.3. The summed E-state index contributed by atoms with van der Waals surface area (Å²) in [7, 11) is 1.59. The lowest BCUT2D eigenvalue weighted by Gasteiger charge is -2.41. The second kappa shape index (κ2) is 13.8. The molecule has 45 heavy (non-hydrogen) atoms. The molecule has 9 heteroatoms. The van der Waals surface area contributed by atoms with E-state index in [1.807, 2.05) is 56.3 Å². The lowest BCUT2D eigenvalue weighted by atomic mass is 9.70. The number of carbonyl (C=O) groups excluding carboxylic acids is 3. The van der Waals surface area contributed by atoms with Crippen molar-refractivity contribution in [1.29, 1.82) is 0 Å². The van der Waals surface area contributed by atoms with E-state index in [2.05, 4.69) is 13.2 Å². The fourth-order valence-electron chi connectivity index (χ4n) is 7.59. The van der Waals surface area contributed by atoms with Crippen LogP contribution in [-0.2, 0) is 20.9 Å². The molecule has 3 aliphatic rings. The summed E-state index contributed by atoms with van der Waals surface area (Å²) in [6.45, 7) is 12.6. The molecule has 5 rings (SSSR count). The van der Waals surface area contributed by atoms with Gasteiger partial charge in [-0.3, -0.25) is 14.4 Å². The van der Waals surface area contributed by atoms with Crippen LogP contribution < -0.4 is 9.64 Å². The molecule has 0 aliphatic carbocycles. The Balaban J connectivity index is 1.57. The van der Waals surface area contributed by atoms with Gasteiger partial charge >= 0.3 is 0 Å². The van der Waals surface area contributed by atoms with Gasteiger partial charge in [-0.15, -0.1) is 24.9 Å². The van der Waals surface area contributed by atoms with E-state index in [9.17, 15) is 19.5 Å². The summed E-state index contributed by atoms with van der Waals surface area (Å²) >= 11 is 1.64. The number of aliphatic hydroxyl groups is 1. The van der Waals surface area contributed by atoms with Crippen molar-refractivity contribution in [1.82, 2.24) is 9.80 Å². The van der Waals surface area contributed by atoms with Crippen LogP contribution in [-0.4, -0.2) is 81.5 Å². The molecule has 0 radical (unpaired) electrons. The minimum atomic E-state index is -0.835. The second-order valence-electron chi connectivity index (χ2n) is 12.4. The van der Waals surface area contributed by atoms with E-state index >= 15 is 0 Å². The fraction of sp³-hybridized carbons (Fsp3) is 0.472. The van der Waals surface area contributed by atoms with Crippen LogP contribution in [0, 0.1) is 17.8 Å². The van der Waals surface area contributed by atoms with Crippen molar-refractivity contribution in [2.45, 2.75) is 61.7 Å². The number of methoxy groups -OCH3 is 1. The van der Waals surface area contributed by atoms with Crippen LogP contribution in [0.3, 0.4) is 0 Å². The number of rotatable bonds is 14. The average molecular weight is 632 g/mol. The maximum absolute atomic E-state index is 14.9. The van der Waals surface area contributed by atoms with E-state index in [4.69, 9.17) is 4.74 Å². The number of thioether (sulfide) groups is 1. The molecule has 2 aromatic rings. The van der Waals surface area contributed by atoms with Crippen LogP contribution in [0.25, 0.3) is 0 Å². The summed E-state index contributed by atoms with van der Waals surface area (Å²) in [6.07, 6.45) is 5.52. The number of likely N-dealkylation sites (tertiary alicyclic amines) is 1. The Morgan fingerprint density at radius 3 is 2.40 bits per heavy atom. The molecule has 2 unspecified atom stereocenters. The predicted octanol–water partition coefficient (Wildman–Crippen LogP) is 4.93. The number of ether oxygens (including phenoxy) is 1. The number of hydrogen-bond donors (Lipinski definition) is 1. The van der Waals surface area contributed by atoms with Gasteiger partial charge in [0.2, 0.25) is 11.8 Å². The SMILES string of the molecule is C=CCN(Cc1ccccc1)C(=O)[C@@H]1[C@H]2C(=O)N([C@@H](CO)[C@@H](C)CC)C(C(=O)N(CC=C)c3ccc(OC)cc3)C23CC[C@H]1S3. The highest BCUT2D eigenvalue weighted by molar-refractivity contribution is 8.02. The molecule has 0 aromatic heterocycles. The molecule has 240 valence electrons.